The first-order valence-corrected chi connectivity index (χ1v) is 4.88. The van der Waals surface area contributed by atoms with E-state index in [0.29, 0.717) is 0 Å². The van der Waals surface area contributed by atoms with Gasteiger partial charge in [-0.05, 0) is 27.7 Å². The Bertz CT molecular complexity index is 328. The molecule has 0 fully saturated rings. The predicted octanol–water partition coefficient (Wildman–Crippen LogP) is 0.686. The Morgan fingerprint density at radius 1 is 1.50 bits per heavy atom. The molecule has 0 spiro atoms. The van der Waals surface area contributed by atoms with Crippen LogP contribution >= 0.6 is 0 Å². The monoisotopic (exact) mass is 197 g/mol. The van der Waals surface area contributed by atoms with Gasteiger partial charge in [-0.3, -0.25) is 4.68 Å². The van der Waals surface area contributed by atoms with Crippen molar-refractivity contribution in [1.29, 1.82) is 0 Å². The number of aromatic nitrogens is 2. The molecule has 1 heterocycles. The smallest absolute Gasteiger partial charge is 0.0651 e. The molecule has 1 rings (SSSR count). The SMILES string of the molecule is CCn1nc(C)c(C(C)(N)CO)c1C. The highest BCUT2D eigenvalue weighted by Gasteiger charge is 2.27. The molecule has 0 aliphatic rings. The lowest BCUT2D eigenvalue weighted by atomic mass is 9.92. The molecular weight excluding hydrogens is 178 g/mol. The second-order valence-corrected chi connectivity index (χ2v) is 3.94. The van der Waals surface area contributed by atoms with Gasteiger partial charge in [0.05, 0.1) is 17.8 Å². The Balaban J connectivity index is 3.27. The average molecular weight is 197 g/mol. The van der Waals surface area contributed by atoms with Gasteiger partial charge in [0.2, 0.25) is 0 Å². The molecule has 1 aromatic rings. The highest BCUT2D eigenvalue weighted by atomic mass is 16.3. The number of nitrogens with two attached hydrogens (primary N) is 1. The van der Waals surface area contributed by atoms with E-state index in [1.807, 2.05) is 32.4 Å². The van der Waals surface area contributed by atoms with Crippen molar-refractivity contribution >= 4 is 0 Å². The standard InChI is InChI=1S/C10H19N3O/c1-5-13-8(3)9(7(2)12-13)10(4,11)6-14/h14H,5-6,11H2,1-4H3. The molecule has 14 heavy (non-hydrogen) atoms. The number of rotatable bonds is 3. The molecule has 1 atom stereocenters. The van der Waals surface area contributed by atoms with Crippen LogP contribution in [0.2, 0.25) is 0 Å². The zero-order chi connectivity index (χ0) is 10.9. The topological polar surface area (TPSA) is 64.1 Å². The van der Waals surface area contributed by atoms with Gasteiger partial charge in [-0.1, -0.05) is 0 Å². The zero-order valence-corrected chi connectivity index (χ0v) is 9.33. The van der Waals surface area contributed by atoms with Crippen LogP contribution in [0.3, 0.4) is 0 Å². The lowest BCUT2D eigenvalue weighted by Gasteiger charge is -2.22. The van der Waals surface area contributed by atoms with Crippen molar-refractivity contribution in [3.05, 3.63) is 17.0 Å². The minimum atomic E-state index is -0.693. The van der Waals surface area contributed by atoms with Crippen LogP contribution in [0, 0.1) is 13.8 Å². The van der Waals surface area contributed by atoms with E-state index in [1.54, 1.807) is 0 Å². The van der Waals surface area contributed by atoms with Crippen LogP contribution in [0.4, 0.5) is 0 Å². The Labute approximate surface area is 84.7 Å². The van der Waals surface area contributed by atoms with Gasteiger partial charge < -0.3 is 10.8 Å². The van der Waals surface area contributed by atoms with Crippen molar-refractivity contribution in [2.75, 3.05) is 6.61 Å². The molecule has 0 aliphatic heterocycles. The fraction of sp³-hybridized carbons (Fsp3) is 0.700. The summed E-state index contributed by atoms with van der Waals surface area (Å²) in [5, 5.41) is 13.6. The van der Waals surface area contributed by atoms with Gasteiger partial charge in [-0.15, -0.1) is 0 Å². The van der Waals surface area contributed by atoms with Crippen molar-refractivity contribution in [3.8, 4) is 0 Å². The summed E-state index contributed by atoms with van der Waals surface area (Å²) in [6, 6.07) is 0. The predicted molar refractivity (Wildman–Crippen MR) is 56.0 cm³/mol. The largest absolute Gasteiger partial charge is 0.394 e. The molecule has 80 valence electrons. The molecule has 4 heteroatoms. The molecule has 0 aliphatic carbocycles. The second-order valence-electron chi connectivity index (χ2n) is 3.94. The van der Waals surface area contributed by atoms with Gasteiger partial charge in [0.1, 0.15) is 0 Å². The van der Waals surface area contributed by atoms with Gasteiger partial charge >= 0.3 is 0 Å². The number of aliphatic hydroxyl groups is 1. The van der Waals surface area contributed by atoms with E-state index in [0.717, 1.165) is 23.5 Å². The first kappa shape index (κ1) is 11.2. The Morgan fingerprint density at radius 3 is 2.43 bits per heavy atom. The lowest BCUT2D eigenvalue weighted by molar-refractivity contribution is 0.209. The summed E-state index contributed by atoms with van der Waals surface area (Å²) in [7, 11) is 0. The number of aryl methyl sites for hydroxylation is 2. The van der Waals surface area contributed by atoms with Gasteiger partial charge in [-0.25, -0.2) is 0 Å². The lowest BCUT2D eigenvalue weighted by Crippen LogP contribution is -2.38. The Morgan fingerprint density at radius 2 is 2.07 bits per heavy atom. The maximum atomic E-state index is 9.22. The summed E-state index contributed by atoms with van der Waals surface area (Å²) in [5.74, 6) is 0. The molecule has 0 saturated carbocycles. The van der Waals surface area contributed by atoms with E-state index >= 15 is 0 Å². The van der Waals surface area contributed by atoms with Crippen molar-refractivity contribution in [2.24, 2.45) is 5.73 Å². The molecular formula is C10H19N3O. The minimum Gasteiger partial charge on any atom is -0.394 e. The number of aliphatic hydroxyl groups excluding tert-OH is 1. The van der Waals surface area contributed by atoms with Crippen molar-refractivity contribution in [2.45, 2.75) is 39.8 Å². The third-order valence-electron chi connectivity index (χ3n) is 2.58. The van der Waals surface area contributed by atoms with Crippen LogP contribution in [0.5, 0.6) is 0 Å². The molecule has 1 aromatic heterocycles. The summed E-state index contributed by atoms with van der Waals surface area (Å²) < 4.78 is 1.91. The summed E-state index contributed by atoms with van der Waals surface area (Å²) in [4.78, 5) is 0. The molecule has 0 radical (unpaired) electrons. The molecule has 1 unspecified atom stereocenters. The Hall–Kier alpha value is -0.870. The summed E-state index contributed by atoms with van der Waals surface area (Å²) in [6.45, 7) is 8.53. The van der Waals surface area contributed by atoms with Crippen LogP contribution in [-0.2, 0) is 12.1 Å². The van der Waals surface area contributed by atoms with E-state index in [9.17, 15) is 5.11 Å². The molecule has 0 saturated heterocycles. The van der Waals surface area contributed by atoms with E-state index in [-0.39, 0.29) is 6.61 Å². The van der Waals surface area contributed by atoms with E-state index in [2.05, 4.69) is 5.10 Å². The maximum Gasteiger partial charge on any atom is 0.0651 e. The number of hydrogen-bond acceptors (Lipinski definition) is 3. The van der Waals surface area contributed by atoms with Gasteiger partial charge in [0, 0.05) is 17.8 Å². The number of hydrogen-bond donors (Lipinski definition) is 2. The van der Waals surface area contributed by atoms with E-state index in [4.69, 9.17) is 5.73 Å². The summed E-state index contributed by atoms with van der Waals surface area (Å²) in [6.07, 6.45) is 0. The fourth-order valence-corrected chi connectivity index (χ4v) is 1.91. The van der Waals surface area contributed by atoms with Gasteiger partial charge in [0.25, 0.3) is 0 Å². The van der Waals surface area contributed by atoms with Crippen molar-refractivity contribution in [1.82, 2.24) is 9.78 Å². The quantitative estimate of drug-likeness (QED) is 0.749. The van der Waals surface area contributed by atoms with Crippen molar-refractivity contribution in [3.63, 3.8) is 0 Å². The van der Waals surface area contributed by atoms with E-state index in [1.165, 1.54) is 0 Å². The van der Waals surface area contributed by atoms with Crippen LogP contribution in [-0.4, -0.2) is 21.5 Å². The first-order chi connectivity index (χ1) is 6.44. The van der Waals surface area contributed by atoms with Gasteiger partial charge in [-0.2, -0.15) is 5.10 Å². The van der Waals surface area contributed by atoms with Crippen LogP contribution in [0.1, 0.15) is 30.8 Å². The third-order valence-corrected chi connectivity index (χ3v) is 2.58. The van der Waals surface area contributed by atoms with Crippen LogP contribution < -0.4 is 5.73 Å². The van der Waals surface area contributed by atoms with Crippen molar-refractivity contribution < 1.29 is 5.11 Å². The highest BCUT2D eigenvalue weighted by Crippen LogP contribution is 2.24. The maximum absolute atomic E-state index is 9.22. The average Bonchev–Trinajstić information content (AvgIpc) is 2.41. The second kappa shape index (κ2) is 3.71. The minimum absolute atomic E-state index is 0.0654. The fourth-order valence-electron chi connectivity index (χ4n) is 1.91. The number of nitrogens with zero attached hydrogens (tertiary/aromatic N) is 2. The highest BCUT2D eigenvalue weighted by molar-refractivity contribution is 5.31. The molecule has 0 bridgehead atoms. The first-order valence-electron chi connectivity index (χ1n) is 4.88. The normalized spacial score (nSPS) is 15.6. The molecule has 0 aromatic carbocycles. The summed E-state index contributed by atoms with van der Waals surface area (Å²) in [5.41, 5.74) is 8.22. The Kier molecular flexibility index (Phi) is 2.97. The van der Waals surface area contributed by atoms with Crippen LogP contribution in [0.15, 0.2) is 0 Å². The van der Waals surface area contributed by atoms with Crippen LogP contribution in [0.25, 0.3) is 0 Å². The zero-order valence-electron chi connectivity index (χ0n) is 9.33. The summed E-state index contributed by atoms with van der Waals surface area (Å²) >= 11 is 0. The molecule has 4 nitrogen and oxygen atoms in total. The molecule has 0 amide bonds. The molecule has 3 N–H and O–H groups in total. The third kappa shape index (κ3) is 1.67. The van der Waals surface area contributed by atoms with E-state index < -0.39 is 5.54 Å². The van der Waals surface area contributed by atoms with Gasteiger partial charge in [0.15, 0.2) is 0 Å².